The van der Waals surface area contributed by atoms with Crippen LogP contribution in [0.15, 0.2) is 23.8 Å². The number of nitrogens with one attached hydrogen (secondary N) is 1. The van der Waals surface area contributed by atoms with Crippen LogP contribution in [0.4, 0.5) is 5.95 Å². The molecular weight excluding hydrogens is 224 g/mol. The molecule has 2 rings (SSSR count). The normalized spacial score (nSPS) is 12.4. The number of nitrogens with zero attached hydrogens (tertiary/aromatic N) is 3. The van der Waals surface area contributed by atoms with Crippen LogP contribution in [0, 0.1) is 0 Å². The quantitative estimate of drug-likeness (QED) is 0.839. The van der Waals surface area contributed by atoms with Crippen LogP contribution < -0.4 is 5.32 Å². The van der Waals surface area contributed by atoms with E-state index in [-0.39, 0.29) is 0 Å². The molecule has 2 heterocycles. The Morgan fingerprint density at radius 3 is 3.06 bits per heavy atom. The second-order valence-corrected chi connectivity index (χ2v) is 4.29. The van der Waals surface area contributed by atoms with Gasteiger partial charge in [0.15, 0.2) is 5.82 Å². The molecule has 2 aromatic rings. The van der Waals surface area contributed by atoms with Gasteiger partial charge in [-0.2, -0.15) is 4.98 Å². The Kier molecular flexibility index (Phi) is 3.43. The third-order valence-electron chi connectivity index (χ3n) is 1.87. The van der Waals surface area contributed by atoms with E-state index in [1.54, 1.807) is 18.3 Å². The Hall–Kier alpha value is -1.53. The molecule has 6 heteroatoms. The summed E-state index contributed by atoms with van der Waals surface area (Å²) in [5.41, 5.74) is 0. The molecule has 1 unspecified atom stereocenters. The van der Waals surface area contributed by atoms with Crippen molar-refractivity contribution >= 4 is 17.3 Å². The maximum Gasteiger partial charge on any atom is 0.226 e. The average molecular weight is 236 g/mol. The molecule has 0 bridgehead atoms. The van der Waals surface area contributed by atoms with Gasteiger partial charge in [0.05, 0.1) is 11.0 Å². The Morgan fingerprint density at radius 2 is 2.38 bits per heavy atom. The molecule has 5 nitrogen and oxygen atoms in total. The van der Waals surface area contributed by atoms with Crippen molar-refractivity contribution in [3.63, 3.8) is 0 Å². The second-order valence-electron chi connectivity index (χ2n) is 3.34. The minimum absolute atomic E-state index is 0.424. The van der Waals surface area contributed by atoms with E-state index in [0.717, 1.165) is 4.88 Å². The maximum absolute atomic E-state index is 9.14. The summed E-state index contributed by atoms with van der Waals surface area (Å²) in [6, 6.07) is 3.91. The number of hydrogen-bond donors (Lipinski definition) is 2. The SMILES string of the molecule is CC(O)CNc1ncnc(-c2cccs2)n1. The lowest BCUT2D eigenvalue weighted by molar-refractivity contribution is 0.208. The number of hydrogen-bond acceptors (Lipinski definition) is 6. The zero-order chi connectivity index (χ0) is 11.4. The molecule has 0 radical (unpaired) electrons. The fraction of sp³-hybridized carbons (Fsp3) is 0.300. The number of rotatable bonds is 4. The topological polar surface area (TPSA) is 70.9 Å². The molecule has 1 atom stereocenters. The molecule has 0 aliphatic rings. The summed E-state index contributed by atoms with van der Waals surface area (Å²) in [7, 11) is 0. The van der Waals surface area contributed by atoms with E-state index < -0.39 is 6.10 Å². The minimum Gasteiger partial charge on any atom is -0.392 e. The van der Waals surface area contributed by atoms with Gasteiger partial charge in [-0.05, 0) is 18.4 Å². The van der Waals surface area contributed by atoms with Crippen LogP contribution in [0.5, 0.6) is 0 Å². The van der Waals surface area contributed by atoms with Crippen molar-refractivity contribution in [2.45, 2.75) is 13.0 Å². The predicted octanol–water partition coefficient (Wildman–Crippen LogP) is 1.39. The van der Waals surface area contributed by atoms with E-state index in [1.807, 2.05) is 17.5 Å². The molecule has 84 valence electrons. The fourth-order valence-electron chi connectivity index (χ4n) is 1.14. The highest BCUT2D eigenvalue weighted by Crippen LogP contribution is 2.20. The van der Waals surface area contributed by atoms with Crippen molar-refractivity contribution in [1.82, 2.24) is 15.0 Å². The fourth-order valence-corrected chi connectivity index (χ4v) is 1.81. The highest BCUT2D eigenvalue weighted by atomic mass is 32.1. The van der Waals surface area contributed by atoms with Crippen LogP contribution in [-0.2, 0) is 0 Å². The van der Waals surface area contributed by atoms with Crippen molar-refractivity contribution < 1.29 is 5.11 Å². The van der Waals surface area contributed by atoms with Gasteiger partial charge in [0.1, 0.15) is 6.33 Å². The monoisotopic (exact) mass is 236 g/mol. The summed E-state index contributed by atoms with van der Waals surface area (Å²) < 4.78 is 0. The van der Waals surface area contributed by atoms with E-state index >= 15 is 0 Å². The molecule has 0 amide bonds. The molecule has 0 fully saturated rings. The standard InChI is InChI=1S/C10H12N4OS/c1-7(15)5-11-10-13-6-12-9(14-10)8-3-2-4-16-8/h2-4,6-7,15H,5H2,1H3,(H,11,12,13,14). The molecule has 0 aliphatic carbocycles. The number of anilines is 1. The molecule has 0 saturated carbocycles. The van der Waals surface area contributed by atoms with Crippen molar-refractivity contribution in [3.8, 4) is 10.7 Å². The van der Waals surface area contributed by atoms with Crippen molar-refractivity contribution in [2.75, 3.05) is 11.9 Å². The summed E-state index contributed by atoms with van der Waals surface area (Å²) in [6.07, 6.45) is 1.04. The maximum atomic E-state index is 9.14. The Morgan fingerprint density at radius 1 is 1.50 bits per heavy atom. The van der Waals surface area contributed by atoms with Crippen LogP contribution in [-0.4, -0.2) is 32.7 Å². The molecule has 2 N–H and O–H groups in total. The van der Waals surface area contributed by atoms with Crippen LogP contribution in [0.25, 0.3) is 10.7 Å². The third kappa shape index (κ3) is 2.74. The largest absolute Gasteiger partial charge is 0.392 e. The average Bonchev–Trinajstić information content (AvgIpc) is 2.80. The first-order valence-electron chi connectivity index (χ1n) is 4.90. The highest BCUT2D eigenvalue weighted by Gasteiger charge is 2.04. The molecule has 0 spiro atoms. The zero-order valence-corrected chi connectivity index (χ0v) is 9.61. The summed E-state index contributed by atoms with van der Waals surface area (Å²) in [6.45, 7) is 2.13. The lowest BCUT2D eigenvalue weighted by Gasteiger charge is -2.06. The first-order chi connectivity index (χ1) is 7.75. The number of aliphatic hydroxyl groups is 1. The van der Waals surface area contributed by atoms with Gasteiger partial charge in [-0.25, -0.2) is 9.97 Å². The summed E-state index contributed by atoms with van der Waals surface area (Å²) in [5, 5.41) is 14.0. The molecule has 0 aromatic carbocycles. The first kappa shape index (κ1) is 11.0. The van der Waals surface area contributed by atoms with Gasteiger partial charge in [0.25, 0.3) is 0 Å². The lowest BCUT2D eigenvalue weighted by Crippen LogP contribution is -2.17. The van der Waals surface area contributed by atoms with E-state index in [4.69, 9.17) is 5.11 Å². The van der Waals surface area contributed by atoms with Crippen molar-refractivity contribution in [1.29, 1.82) is 0 Å². The van der Waals surface area contributed by atoms with Gasteiger partial charge in [0, 0.05) is 6.54 Å². The summed E-state index contributed by atoms with van der Waals surface area (Å²) in [4.78, 5) is 13.3. The van der Waals surface area contributed by atoms with E-state index in [2.05, 4.69) is 20.3 Å². The zero-order valence-electron chi connectivity index (χ0n) is 8.79. The van der Waals surface area contributed by atoms with Gasteiger partial charge >= 0.3 is 0 Å². The van der Waals surface area contributed by atoms with Crippen LogP contribution in [0.2, 0.25) is 0 Å². The number of aromatic nitrogens is 3. The Balaban J connectivity index is 2.14. The van der Waals surface area contributed by atoms with Gasteiger partial charge in [-0.1, -0.05) is 6.07 Å². The first-order valence-corrected chi connectivity index (χ1v) is 5.78. The van der Waals surface area contributed by atoms with Gasteiger partial charge in [0.2, 0.25) is 5.95 Å². The van der Waals surface area contributed by atoms with Gasteiger partial charge < -0.3 is 10.4 Å². The molecule has 16 heavy (non-hydrogen) atoms. The van der Waals surface area contributed by atoms with Gasteiger partial charge in [-0.3, -0.25) is 0 Å². The second kappa shape index (κ2) is 5.00. The van der Waals surface area contributed by atoms with Crippen LogP contribution >= 0.6 is 11.3 Å². The van der Waals surface area contributed by atoms with Gasteiger partial charge in [-0.15, -0.1) is 11.3 Å². The summed E-state index contributed by atoms with van der Waals surface area (Å²) in [5.74, 6) is 1.14. The van der Waals surface area contributed by atoms with E-state index in [1.165, 1.54) is 6.33 Å². The van der Waals surface area contributed by atoms with Crippen LogP contribution in [0.1, 0.15) is 6.92 Å². The summed E-state index contributed by atoms with van der Waals surface area (Å²) >= 11 is 1.58. The van der Waals surface area contributed by atoms with Crippen molar-refractivity contribution in [3.05, 3.63) is 23.8 Å². The molecular formula is C10H12N4OS. The Bertz CT molecular complexity index is 444. The Labute approximate surface area is 97.2 Å². The van der Waals surface area contributed by atoms with Crippen molar-refractivity contribution in [2.24, 2.45) is 0 Å². The lowest BCUT2D eigenvalue weighted by atomic mass is 10.4. The predicted molar refractivity (Wildman–Crippen MR) is 63.3 cm³/mol. The molecule has 2 aromatic heterocycles. The minimum atomic E-state index is -0.429. The number of aliphatic hydroxyl groups excluding tert-OH is 1. The molecule has 0 aliphatic heterocycles. The smallest absolute Gasteiger partial charge is 0.226 e. The number of thiophene rings is 1. The van der Waals surface area contributed by atoms with E-state index in [9.17, 15) is 0 Å². The van der Waals surface area contributed by atoms with Crippen LogP contribution in [0.3, 0.4) is 0 Å². The molecule has 0 saturated heterocycles. The van der Waals surface area contributed by atoms with E-state index in [0.29, 0.717) is 18.3 Å². The third-order valence-corrected chi connectivity index (χ3v) is 2.73. The highest BCUT2D eigenvalue weighted by molar-refractivity contribution is 7.13.